The second kappa shape index (κ2) is 4.66. The minimum Gasteiger partial charge on any atom is -0.383 e. The summed E-state index contributed by atoms with van der Waals surface area (Å²) in [5.41, 5.74) is 5.68. The zero-order valence-electron chi connectivity index (χ0n) is 7.06. The van der Waals surface area contributed by atoms with Gasteiger partial charge in [0.05, 0.1) is 0 Å². The van der Waals surface area contributed by atoms with Gasteiger partial charge in [0.1, 0.15) is 11.6 Å². The summed E-state index contributed by atoms with van der Waals surface area (Å²) in [6.07, 6.45) is 1.34. The van der Waals surface area contributed by atoms with E-state index in [0.717, 1.165) is 0 Å². The number of nitrogens with two attached hydrogens (primary N) is 1. The van der Waals surface area contributed by atoms with Crippen LogP contribution in [0, 0.1) is 12.7 Å². The Morgan fingerprint density at radius 1 is 1.45 bits per heavy atom. The van der Waals surface area contributed by atoms with Gasteiger partial charge in [-0.2, -0.15) is 0 Å². The van der Waals surface area contributed by atoms with Crippen LogP contribution in [0.15, 0.2) is 12.3 Å². The van der Waals surface area contributed by atoms with E-state index in [4.69, 9.17) is 5.73 Å². The summed E-state index contributed by atoms with van der Waals surface area (Å²) in [6, 6.07) is 1.28. The number of nitrogens with zero attached hydrogens (tertiary/aromatic N) is 1. The van der Waals surface area contributed by atoms with Gasteiger partial charge in [-0.3, -0.25) is 0 Å². The smallest absolute Gasteiger partial charge is 0.131 e. The third-order valence-corrected chi connectivity index (χ3v) is 1.18. The van der Waals surface area contributed by atoms with Crippen LogP contribution in [-0.2, 0) is 0 Å². The first-order valence-corrected chi connectivity index (χ1v) is 3.58. The lowest BCUT2D eigenvalue weighted by atomic mass is 10.3. The van der Waals surface area contributed by atoms with Crippen LogP contribution in [0.2, 0.25) is 0 Å². The Labute approximate surface area is 66.3 Å². The molecule has 1 rings (SSSR count). The van der Waals surface area contributed by atoms with Gasteiger partial charge in [0.25, 0.3) is 0 Å². The molecule has 1 aromatic rings. The molecule has 0 aliphatic carbocycles. The molecule has 0 aromatic carbocycles. The van der Waals surface area contributed by atoms with Crippen LogP contribution in [0.4, 0.5) is 10.2 Å². The maximum absolute atomic E-state index is 12.5. The molecule has 11 heavy (non-hydrogen) atoms. The summed E-state index contributed by atoms with van der Waals surface area (Å²) in [4.78, 5) is 3.68. The fraction of sp³-hybridized carbons (Fsp3) is 0.375. The van der Waals surface area contributed by atoms with Gasteiger partial charge >= 0.3 is 0 Å². The van der Waals surface area contributed by atoms with E-state index in [1.54, 1.807) is 6.92 Å². The van der Waals surface area contributed by atoms with Crippen molar-refractivity contribution >= 4 is 5.82 Å². The molecule has 2 nitrogen and oxygen atoms in total. The van der Waals surface area contributed by atoms with Crippen LogP contribution in [-0.4, -0.2) is 4.98 Å². The molecular formula is C8H13FN2. The Morgan fingerprint density at radius 2 is 2.00 bits per heavy atom. The quantitative estimate of drug-likeness (QED) is 0.625. The van der Waals surface area contributed by atoms with Crippen molar-refractivity contribution in [3.05, 3.63) is 23.6 Å². The van der Waals surface area contributed by atoms with Crippen molar-refractivity contribution in [1.29, 1.82) is 0 Å². The van der Waals surface area contributed by atoms with Crippen molar-refractivity contribution in [1.82, 2.24) is 4.98 Å². The Balaban J connectivity index is 0.000000461. The lowest BCUT2D eigenvalue weighted by Gasteiger charge is -1.96. The first kappa shape index (κ1) is 9.88. The van der Waals surface area contributed by atoms with E-state index in [2.05, 4.69) is 4.98 Å². The van der Waals surface area contributed by atoms with Crippen molar-refractivity contribution in [2.45, 2.75) is 20.8 Å². The fourth-order valence-corrected chi connectivity index (χ4v) is 0.527. The Kier molecular flexibility index (Phi) is 4.18. The Bertz CT molecular complexity index is 203. The maximum Gasteiger partial charge on any atom is 0.131 e. The second-order valence-electron chi connectivity index (χ2n) is 1.80. The minimum absolute atomic E-state index is 0.259. The number of pyridine rings is 1. The largest absolute Gasteiger partial charge is 0.383 e. The van der Waals surface area contributed by atoms with Crippen LogP contribution >= 0.6 is 0 Å². The van der Waals surface area contributed by atoms with Crippen molar-refractivity contribution in [2.24, 2.45) is 0 Å². The summed E-state index contributed by atoms with van der Waals surface area (Å²) in [6.45, 7) is 5.59. The molecule has 0 unspecified atom stereocenters. The SMILES string of the molecule is CC.Cc1c(F)ccnc1N. The predicted molar refractivity (Wildman–Crippen MR) is 44.7 cm³/mol. The van der Waals surface area contributed by atoms with E-state index in [0.29, 0.717) is 5.56 Å². The second-order valence-corrected chi connectivity index (χ2v) is 1.80. The van der Waals surface area contributed by atoms with Crippen molar-refractivity contribution in [3.8, 4) is 0 Å². The molecular weight excluding hydrogens is 143 g/mol. The van der Waals surface area contributed by atoms with Crippen molar-refractivity contribution in [2.75, 3.05) is 5.73 Å². The van der Waals surface area contributed by atoms with Crippen LogP contribution in [0.5, 0.6) is 0 Å². The topological polar surface area (TPSA) is 38.9 Å². The van der Waals surface area contributed by atoms with E-state index in [1.807, 2.05) is 13.8 Å². The van der Waals surface area contributed by atoms with Crippen molar-refractivity contribution < 1.29 is 4.39 Å². The monoisotopic (exact) mass is 156 g/mol. The number of hydrogen-bond acceptors (Lipinski definition) is 2. The number of hydrogen-bond donors (Lipinski definition) is 1. The predicted octanol–water partition coefficient (Wildman–Crippen LogP) is 2.14. The molecule has 3 heteroatoms. The Hall–Kier alpha value is -1.12. The summed E-state index contributed by atoms with van der Waals surface area (Å²) in [7, 11) is 0. The third-order valence-electron chi connectivity index (χ3n) is 1.18. The van der Waals surface area contributed by atoms with Gasteiger partial charge in [-0.1, -0.05) is 13.8 Å². The first-order valence-electron chi connectivity index (χ1n) is 3.58. The normalized spacial score (nSPS) is 8.36. The van der Waals surface area contributed by atoms with Crippen LogP contribution in [0.25, 0.3) is 0 Å². The molecule has 0 aliphatic heterocycles. The van der Waals surface area contributed by atoms with Crippen LogP contribution in [0.1, 0.15) is 19.4 Å². The van der Waals surface area contributed by atoms with Gasteiger partial charge in [0, 0.05) is 11.8 Å². The highest BCUT2D eigenvalue weighted by molar-refractivity contribution is 5.37. The summed E-state index contributed by atoms with van der Waals surface area (Å²) in [5, 5.41) is 0. The number of rotatable bonds is 0. The lowest BCUT2D eigenvalue weighted by molar-refractivity contribution is 0.617. The molecule has 62 valence electrons. The molecule has 0 atom stereocenters. The summed E-state index contributed by atoms with van der Waals surface area (Å²) < 4.78 is 12.5. The van der Waals surface area contributed by atoms with E-state index in [9.17, 15) is 4.39 Å². The molecule has 0 fully saturated rings. The molecule has 0 aliphatic rings. The van der Waals surface area contributed by atoms with Gasteiger partial charge in [0.2, 0.25) is 0 Å². The Morgan fingerprint density at radius 3 is 2.36 bits per heavy atom. The summed E-state index contributed by atoms with van der Waals surface area (Å²) in [5.74, 6) is -0.0440. The molecule has 0 amide bonds. The van der Waals surface area contributed by atoms with Gasteiger partial charge in [0.15, 0.2) is 0 Å². The molecule has 1 heterocycles. The molecule has 2 N–H and O–H groups in total. The number of aromatic nitrogens is 1. The van der Waals surface area contributed by atoms with E-state index >= 15 is 0 Å². The number of anilines is 1. The van der Waals surface area contributed by atoms with E-state index < -0.39 is 0 Å². The zero-order valence-corrected chi connectivity index (χ0v) is 7.06. The summed E-state index contributed by atoms with van der Waals surface area (Å²) >= 11 is 0. The van der Waals surface area contributed by atoms with E-state index in [1.165, 1.54) is 12.3 Å². The van der Waals surface area contributed by atoms with Gasteiger partial charge in [-0.05, 0) is 13.0 Å². The van der Waals surface area contributed by atoms with E-state index in [-0.39, 0.29) is 11.6 Å². The highest BCUT2D eigenvalue weighted by Gasteiger charge is 1.98. The molecule has 0 saturated carbocycles. The molecule has 0 bridgehead atoms. The number of halogens is 1. The average Bonchev–Trinajstić information content (AvgIpc) is 2.04. The van der Waals surface area contributed by atoms with Gasteiger partial charge in [-0.25, -0.2) is 9.37 Å². The lowest BCUT2D eigenvalue weighted by Crippen LogP contribution is -1.95. The standard InChI is InChI=1S/C6H7FN2.C2H6/c1-4-5(7)2-3-9-6(4)8;1-2/h2-3H,1H3,(H2,8,9);1-2H3. The van der Waals surface area contributed by atoms with Crippen molar-refractivity contribution in [3.63, 3.8) is 0 Å². The zero-order chi connectivity index (χ0) is 8.85. The highest BCUT2D eigenvalue weighted by atomic mass is 19.1. The highest BCUT2D eigenvalue weighted by Crippen LogP contribution is 2.09. The van der Waals surface area contributed by atoms with Crippen LogP contribution in [0.3, 0.4) is 0 Å². The average molecular weight is 156 g/mol. The first-order chi connectivity index (χ1) is 5.22. The molecule has 0 radical (unpaired) electrons. The third kappa shape index (κ3) is 2.53. The van der Waals surface area contributed by atoms with Gasteiger partial charge < -0.3 is 5.73 Å². The van der Waals surface area contributed by atoms with Gasteiger partial charge in [-0.15, -0.1) is 0 Å². The van der Waals surface area contributed by atoms with Crippen LogP contribution < -0.4 is 5.73 Å². The molecule has 0 spiro atoms. The minimum atomic E-state index is -0.303. The molecule has 0 saturated heterocycles. The maximum atomic E-state index is 12.5. The molecule has 1 aromatic heterocycles. The number of nitrogen functional groups attached to an aromatic ring is 1. The fourth-order valence-electron chi connectivity index (χ4n) is 0.527.